The van der Waals surface area contributed by atoms with E-state index in [0.29, 0.717) is 5.91 Å². The zero-order valence-electron chi connectivity index (χ0n) is 15.9. The van der Waals surface area contributed by atoms with Crippen molar-refractivity contribution in [1.29, 1.82) is 0 Å². The Morgan fingerprint density at radius 1 is 1.04 bits per heavy atom. The van der Waals surface area contributed by atoms with Crippen molar-refractivity contribution in [2.45, 2.75) is 26.8 Å². The van der Waals surface area contributed by atoms with Gasteiger partial charge in [0.1, 0.15) is 0 Å². The molecule has 0 spiro atoms. The minimum atomic E-state index is -0.00663. The molecule has 2 aliphatic rings. The van der Waals surface area contributed by atoms with E-state index in [4.69, 9.17) is 0 Å². The van der Waals surface area contributed by atoms with Gasteiger partial charge in [0.25, 0.3) is 0 Å². The highest BCUT2D eigenvalue weighted by Gasteiger charge is 2.30. The van der Waals surface area contributed by atoms with E-state index >= 15 is 0 Å². The van der Waals surface area contributed by atoms with E-state index in [9.17, 15) is 4.79 Å². The van der Waals surface area contributed by atoms with Crippen molar-refractivity contribution < 1.29 is 4.79 Å². The van der Waals surface area contributed by atoms with Gasteiger partial charge in [-0.05, 0) is 38.1 Å². The maximum absolute atomic E-state index is 12.8. The summed E-state index contributed by atoms with van der Waals surface area (Å²) in [5.41, 5.74) is 2.60. The number of benzene rings is 1. The number of carbonyl (C=O) groups is 1. The lowest BCUT2D eigenvalue weighted by atomic mass is 10.1. The fraction of sp³-hybridized carbons (Fsp3) is 0.650. The number of carbonyl (C=O) groups excluding carboxylic acids is 1. The van der Waals surface area contributed by atoms with E-state index in [1.807, 2.05) is 0 Å². The van der Waals surface area contributed by atoms with E-state index in [1.54, 1.807) is 0 Å². The molecule has 2 heterocycles. The Kier molecular flexibility index (Phi) is 5.97. The van der Waals surface area contributed by atoms with Gasteiger partial charge in [-0.2, -0.15) is 0 Å². The first-order valence-corrected chi connectivity index (χ1v) is 9.65. The lowest BCUT2D eigenvalue weighted by Crippen LogP contribution is -2.57. The normalized spacial score (nSPS) is 21.4. The second kappa shape index (κ2) is 8.19. The highest BCUT2D eigenvalue weighted by atomic mass is 16.2. The molecule has 138 valence electrons. The van der Waals surface area contributed by atoms with Crippen molar-refractivity contribution in [2.24, 2.45) is 0 Å². The first-order valence-electron chi connectivity index (χ1n) is 9.65. The average molecular weight is 345 g/mol. The summed E-state index contributed by atoms with van der Waals surface area (Å²) in [5.74, 6) is 0.305. The van der Waals surface area contributed by atoms with Crippen LogP contribution in [0.1, 0.15) is 19.4 Å². The van der Waals surface area contributed by atoms with E-state index in [0.717, 1.165) is 58.9 Å². The molecule has 1 aromatic carbocycles. The van der Waals surface area contributed by atoms with Crippen LogP contribution < -0.4 is 4.90 Å². The number of amides is 1. The molecular formula is C20H32N4O. The zero-order chi connectivity index (χ0) is 17.8. The molecule has 0 aliphatic carbocycles. The third-order valence-electron chi connectivity index (χ3n) is 5.72. The first kappa shape index (κ1) is 18.2. The summed E-state index contributed by atoms with van der Waals surface area (Å²) < 4.78 is 0. The van der Waals surface area contributed by atoms with Crippen LogP contribution in [0.15, 0.2) is 24.3 Å². The number of rotatable bonds is 4. The molecular weight excluding hydrogens is 312 g/mol. The average Bonchev–Trinajstić information content (AvgIpc) is 2.67. The number of likely N-dealkylation sites (N-methyl/N-ethyl adjacent to an activating group) is 1. The molecule has 1 amide bonds. The van der Waals surface area contributed by atoms with Crippen LogP contribution >= 0.6 is 0 Å². The fourth-order valence-electron chi connectivity index (χ4n) is 3.90. The Hall–Kier alpha value is -1.59. The van der Waals surface area contributed by atoms with Gasteiger partial charge < -0.3 is 14.7 Å². The van der Waals surface area contributed by atoms with Gasteiger partial charge in [0.05, 0.1) is 6.04 Å². The fourth-order valence-corrected chi connectivity index (χ4v) is 3.90. The van der Waals surface area contributed by atoms with Gasteiger partial charge in [-0.25, -0.2) is 0 Å². The summed E-state index contributed by atoms with van der Waals surface area (Å²) in [6.45, 7) is 15.1. The van der Waals surface area contributed by atoms with Gasteiger partial charge in [-0.15, -0.1) is 0 Å². The van der Waals surface area contributed by atoms with Gasteiger partial charge in [0.15, 0.2) is 0 Å². The predicted octanol–water partition coefficient (Wildman–Crippen LogP) is 1.67. The van der Waals surface area contributed by atoms with Crippen molar-refractivity contribution in [3.8, 4) is 0 Å². The monoisotopic (exact) mass is 344 g/mol. The Bertz CT molecular complexity index is 575. The lowest BCUT2D eigenvalue weighted by Gasteiger charge is -2.41. The Balaban J connectivity index is 1.51. The molecule has 0 radical (unpaired) electrons. The van der Waals surface area contributed by atoms with Crippen LogP contribution in [-0.2, 0) is 4.79 Å². The standard InChI is InChI=1S/C20H32N4O/c1-4-21-8-10-24(11-9-21)20(25)18(3)22-12-14-23(15-13-22)19-7-5-6-17(2)16-19/h5-7,16,18H,4,8-15H2,1-3H3. The third kappa shape index (κ3) is 4.33. The SMILES string of the molecule is CCN1CCN(C(=O)C(C)N2CCN(c3cccc(C)c3)CC2)CC1. The molecule has 2 fully saturated rings. The van der Waals surface area contributed by atoms with Gasteiger partial charge >= 0.3 is 0 Å². The van der Waals surface area contributed by atoms with E-state index in [2.05, 4.69) is 64.6 Å². The third-order valence-corrected chi connectivity index (χ3v) is 5.72. The number of aryl methyl sites for hydroxylation is 1. The smallest absolute Gasteiger partial charge is 0.239 e. The topological polar surface area (TPSA) is 30.0 Å². The van der Waals surface area contributed by atoms with Crippen LogP contribution in [0, 0.1) is 6.92 Å². The molecule has 1 aromatic rings. The Labute approximate surface area is 152 Å². The second-order valence-electron chi connectivity index (χ2n) is 7.30. The lowest BCUT2D eigenvalue weighted by molar-refractivity contribution is -0.138. The second-order valence-corrected chi connectivity index (χ2v) is 7.30. The van der Waals surface area contributed by atoms with Crippen LogP contribution in [0.2, 0.25) is 0 Å². The summed E-state index contributed by atoms with van der Waals surface area (Å²) in [4.78, 5) is 22.1. The number of hydrogen-bond acceptors (Lipinski definition) is 4. The number of anilines is 1. The molecule has 2 aliphatic heterocycles. The summed E-state index contributed by atoms with van der Waals surface area (Å²) >= 11 is 0. The van der Waals surface area contributed by atoms with E-state index < -0.39 is 0 Å². The molecule has 1 atom stereocenters. The summed E-state index contributed by atoms with van der Waals surface area (Å²) in [6.07, 6.45) is 0. The maximum atomic E-state index is 12.8. The molecule has 0 aromatic heterocycles. The molecule has 3 rings (SSSR count). The van der Waals surface area contributed by atoms with E-state index in [-0.39, 0.29) is 6.04 Å². The van der Waals surface area contributed by atoms with Gasteiger partial charge in [-0.3, -0.25) is 9.69 Å². The van der Waals surface area contributed by atoms with Gasteiger partial charge in [0, 0.05) is 58.0 Å². The van der Waals surface area contributed by atoms with Crippen molar-refractivity contribution in [2.75, 3.05) is 63.8 Å². The van der Waals surface area contributed by atoms with Crippen LogP contribution in [0.3, 0.4) is 0 Å². The molecule has 0 saturated carbocycles. The Morgan fingerprint density at radius 3 is 2.32 bits per heavy atom. The van der Waals surface area contributed by atoms with E-state index in [1.165, 1.54) is 11.3 Å². The molecule has 1 unspecified atom stereocenters. The number of piperazine rings is 2. The molecule has 25 heavy (non-hydrogen) atoms. The highest BCUT2D eigenvalue weighted by molar-refractivity contribution is 5.81. The largest absolute Gasteiger partial charge is 0.369 e. The minimum absolute atomic E-state index is 0.00663. The molecule has 5 heteroatoms. The van der Waals surface area contributed by atoms with Crippen LogP contribution in [-0.4, -0.2) is 85.6 Å². The highest BCUT2D eigenvalue weighted by Crippen LogP contribution is 2.19. The van der Waals surface area contributed by atoms with Crippen molar-refractivity contribution in [1.82, 2.24) is 14.7 Å². The van der Waals surface area contributed by atoms with Crippen LogP contribution in [0.5, 0.6) is 0 Å². The van der Waals surface area contributed by atoms with Crippen molar-refractivity contribution >= 4 is 11.6 Å². The van der Waals surface area contributed by atoms with Gasteiger partial charge in [-0.1, -0.05) is 19.1 Å². The Morgan fingerprint density at radius 2 is 1.72 bits per heavy atom. The molecule has 2 saturated heterocycles. The maximum Gasteiger partial charge on any atom is 0.239 e. The summed E-state index contributed by atoms with van der Waals surface area (Å²) in [7, 11) is 0. The molecule has 0 N–H and O–H groups in total. The zero-order valence-corrected chi connectivity index (χ0v) is 15.9. The van der Waals surface area contributed by atoms with Crippen molar-refractivity contribution in [3.05, 3.63) is 29.8 Å². The van der Waals surface area contributed by atoms with Crippen molar-refractivity contribution in [3.63, 3.8) is 0 Å². The van der Waals surface area contributed by atoms with Crippen LogP contribution in [0.25, 0.3) is 0 Å². The van der Waals surface area contributed by atoms with Gasteiger partial charge in [0.2, 0.25) is 5.91 Å². The summed E-state index contributed by atoms with van der Waals surface area (Å²) in [6, 6.07) is 8.69. The molecule has 0 bridgehead atoms. The predicted molar refractivity (Wildman–Crippen MR) is 103 cm³/mol. The quantitative estimate of drug-likeness (QED) is 0.831. The molecule has 5 nitrogen and oxygen atoms in total. The number of nitrogens with zero attached hydrogens (tertiary/aromatic N) is 4. The first-order chi connectivity index (χ1) is 12.1. The summed E-state index contributed by atoms with van der Waals surface area (Å²) in [5, 5.41) is 0. The van der Waals surface area contributed by atoms with Crippen LogP contribution in [0.4, 0.5) is 5.69 Å². The minimum Gasteiger partial charge on any atom is -0.369 e. The number of hydrogen-bond donors (Lipinski definition) is 0.